The number of thioether (sulfide) groups is 1. The fourth-order valence-corrected chi connectivity index (χ4v) is 3.31. The van der Waals surface area contributed by atoms with Gasteiger partial charge in [0, 0.05) is 0 Å². The molecule has 0 aliphatic carbocycles. The Bertz CT molecular complexity index is 611. The van der Waals surface area contributed by atoms with Gasteiger partial charge in [-0.05, 0) is 17.4 Å². The Morgan fingerprint density at radius 3 is 1.85 bits per heavy atom. The molecule has 0 bridgehead atoms. The van der Waals surface area contributed by atoms with E-state index in [0.29, 0.717) is 0 Å². The largest absolute Gasteiger partial charge is 0.327 e. The van der Waals surface area contributed by atoms with Gasteiger partial charge in [-0.3, -0.25) is 0 Å². The molecule has 0 aromatic heterocycles. The van der Waals surface area contributed by atoms with Gasteiger partial charge in [0.15, 0.2) is 10.7 Å². The second kappa shape index (κ2) is 5.38. The van der Waals surface area contributed by atoms with Crippen molar-refractivity contribution >= 4 is 34.1 Å². The Balaban J connectivity index is 2.25. The molecule has 100 valence electrons. The van der Waals surface area contributed by atoms with Gasteiger partial charge >= 0.3 is 0 Å². The van der Waals surface area contributed by atoms with Crippen molar-refractivity contribution in [3.05, 3.63) is 71.8 Å². The van der Waals surface area contributed by atoms with Crippen LogP contribution in [-0.4, -0.2) is 16.4 Å². The van der Waals surface area contributed by atoms with Crippen LogP contribution in [0.4, 0.5) is 0 Å². The first kappa shape index (κ1) is 13.3. The van der Waals surface area contributed by atoms with Crippen LogP contribution in [0.15, 0.2) is 65.7 Å². The summed E-state index contributed by atoms with van der Waals surface area (Å²) in [5.41, 5.74) is 1.58. The Morgan fingerprint density at radius 1 is 0.950 bits per heavy atom. The van der Waals surface area contributed by atoms with Gasteiger partial charge < -0.3 is 5.32 Å². The minimum absolute atomic E-state index is 0.601. The molecule has 0 spiro atoms. The number of amidine groups is 1. The second-order valence-electron chi connectivity index (χ2n) is 4.52. The quantitative estimate of drug-likeness (QED) is 0.858. The van der Waals surface area contributed by atoms with Gasteiger partial charge in [-0.15, -0.1) is 0 Å². The van der Waals surface area contributed by atoms with Gasteiger partial charge in [0.1, 0.15) is 4.99 Å². The van der Waals surface area contributed by atoms with Gasteiger partial charge in [-0.2, -0.15) is 0 Å². The molecule has 0 atom stereocenters. The average Bonchev–Trinajstić information content (AvgIpc) is 2.87. The predicted molar refractivity (Wildman–Crippen MR) is 90.3 cm³/mol. The molecule has 0 saturated carbocycles. The lowest BCUT2D eigenvalue weighted by Crippen LogP contribution is -2.36. The number of nitrogens with zero attached hydrogens (tertiary/aromatic N) is 1. The maximum absolute atomic E-state index is 5.62. The van der Waals surface area contributed by atoms with E-state index in [-0.39, 0.29) is 0 Å². The Labute approximate surface area is 128 Å². The van der Waals surface area contributed by atoms with Crippen molar-refractivity contribution in [1.82, 2.24) is 5.32 Å². The molecule has 2 nitrogen and oxygen atoms in total. The third kappa shape index (κ3) is 2.05. The van der Waals surface area contributed by atoms with Crippen molar-refractivity contribution in [2.75, 3.05) is 6.26 Å². The fourth-order valence-electron chi connectivity index (χ4n) is 2.43. The zero-order chi connectivity index (χ0) is 14.0. The van der Waals surface area contributed by atoms with E-state index in [0.717, 1.165) is 21.3 Å². The summed E-state index contributed by atoms with van der Waals surface area (Å²) in [7, 11) is 0. The van der Waals surface area contributed by atoms with Gasteiger partial charge in [0.2, 0.25) is 0 Å². The van der Waals surface area contributed by atoms with E-state index in [9.17, 15) is 0 Å². The predicted octanol–water partition coefficient (Wildman–Crippen LogP) is 3.58. The Hall–Kier alpha value is -1.65. The minimum atomic E-state index is -0.601. The van der Waals surface area contributed by atoms with E-state index in [1.165, 1.54) is 0 Å². The van der Waals surface area contributed by atoms with Crippen LogP contribution < -0.4 is 5.32 Å². The molecule has 2 aromatic rings. The van der Waals surface area contributed by atoms with Crippen LogP contribution in [0.3, 0.4) is 0 Å². The first-order valence-electron chi connectivity index (χ1n) is 6.34. The van der Waals surface area contributed by atoms with E-state index in [4.69, 9.17) is 17.2 Å². The van der Waals surface area contributed by atoms with Crippen molar-refractivity contribution in [3.8, 4) is 0 Å². The van der Waals surface area contributed by atoms with Crippen LogP contribution in [0.2, 0.25) is 0 Å². The van der Waals surface area contributed by atoms with Gasteiger partial charge in [0.25, 0.3) is 0 Å². The number of hydrogen-bond donors (Lipinski definition) is 1. The van der Waals surface area contributed by atoms with Crippen molar-refractivity contribution in [2.45, 2.75) is 5.54 Å². The third-order valence-electron chi connectivity index (χ3n) is 3.39. The molecule has 0 unspecified atom stereocenters. The van der Waals surface area contributed by atoms with Gasteiger partial charge in [-0.1, -0.05) is 84.6 Å². The molecule has 1 aliphatic rings. The summed E-state index contributed by atoms with van der Waals surface area (Å²) in [5.74, 6) is 0. The number of nitrogens with one attached hydrogen (secondary N) is 1. The highest BCUT2D eigenvalue weighted by Gasteiger charge is 2.43. The summed E-state index contributed by atoms with van der Waals surface area (Å²) >= 11 is 7.20. The number of benzene rings is 2. The highest BCUT2D eigenvalue weighted by molar-refractivity contribution is 8.13. The summed E-state index contributed by atoms with van der Waals surface area (Å²) in [6.07, 6.45) is 2.00. The van der Waals surface area contributed by atoms with Crippen LogP contribution in [0.5, 0.6) is 0 Å². The van der Waals surface area contributed by atoms with Crippen molar-refractivity contribution in [2.24, 2.45) is 4.99 Å². The van der Waals surface area contributed by atoms with Crippen molar-refractivity contribution in [1.29, 1.82) is 0 Å². The van der Waals surface area contributed by atoms with E-state index in [2.05, 4.69) is 29.6 Å². The minimum Gasteiger partial charge on any atom is -0.327 e. The molecule has 4 heteroatoms. The standard InChI is InChI=1S/C16H14N2S2/c1-20-15-17-14(19)16(18-15,12-8-4-2-5-9-12)13-10-6-3-7-11-13/h2-11H,1H3,(H,17,18,19). The van der Waals surface area contributed by atoms with Crippen LogP contribution in [0, 0.1) is 0 Å². The monoisotopic (exact) mass is 298 g/mol. The van der Waals surface area contributed by atoms with Gasteiger partial charge in [-0.25, -0.2) is 4.99 Å². The molecule has 3 rings (SSSR count). The molecule has 0 amide bonds. The van der Waals surface area contributed by atoms with Crippen LogP contribution >= 0.6 is 24.0 Å². The molecule has 0 saturated heterocycles. The summed E-state index contributed by atoms with van der Waals surface area (Å²) < 4.78 is 0. The fraction of sp³-hybridized carbons (Fsp3) is 0.125. The SMILES string of the molecule is CSC1=NC(c2ccccc2)(c2ccccc2)C(=S)N1. The highest BCUT2D eigenvalue weighted by Crippen LogP contribution is 2.38. The van der Waals surface area contributed by atoms with E-state index >= 15 is 0 Å². The third-order valence-corrected chi connectivity index (χ3v) is 4.37. The van der Waals surface area contributed by atoms with E-state index < -0.39 is 5.54 Å². The van der Waals surface area contributed by atoms with Crippen LogP contribution in [0.25, 0.3) is 0 Å². The number of rotatable bonds is 2. The zero-order valence-corrected chi connectivity index (χ0v) is 12.7. The lowest BCUT2D eigenvalue weighted by molar-refractivity contribution is 0.754. The topological polar surface area (TPSA) is 24.4 Å². The number of hydrogen-bond acceptors (Lipinski definition) is 3. The summed E-state index contributed by atoms with van der Waals surface area (Å²) in [5, 5.41) is 4.10. The maximum atomic E-state index is 5.62. The molecular weight excluding hydrogens is 284 g/mol. The first-order valence-corrected chi connectivity index (χ1v) is 7.97. The molecule has 0 fully saturated rings. The number of aliphatic imine (C=N–C) groups is 1. The lowest BCUT2D eigenvalue weighted by atomic mass is 9.84. The molecular formula is C16H14N2S2. The van der Waals surface area contributed by atoms with Crippen LogP contribution in [-0.2, 0) is 5.54 Å². The zero-order valence-electron chi connectivity index (χ0n) is 11.0. The Kier molecular flexibility index (Phi) is 3.59. The number of thiocarbonyl (C=S) groups is 1. The van der Waals surface area contributed by atoms with Crippen LogP contribution in [0.1, 0.15) is 11.1 Å². The normalized spacial score (nSPS) is 16.6. The first-order chi connectivity index (χ1) is 9.77. The average molecular weight is 298 g/mol. The molecule has 1 aliphatic heterocycles. The Morgan fingerprint density at radius 2 is 1.45 bits per heavy atom. The van der Waals surface area contributed by atoms with Crippen molar-refractivity contribution in [3.63, 3.8) is 0 Å². The molecule has 1 heterocycles. The smallest absolute Gasteiger partial charge is 0.164 e. The summed E-state index contributed by atoms with van der Waals surface area (Å²) in [6, 6.07) is 20.4. The summed E-state index contributed by atoms with van der Waals surface area (Å²) in [6.45, 7) is 0. The van der Waals surface area contributed by atoms with Crippen molar-refractivity contribution < 1.29 is 0 Å². The van der Waals surface area contributed by atoms with E-state index in [1.54, 1.807) is 11.8 Å². The van der Waals surface area contributed by atoms with E-state index in [1.807, 2.05) is 42.7 Å². The molecule has 20 heavy (non-hydrogen) atoms. The molecule has 0 radical (unpaired) electrons. The highest BCUT2D eigenvalue weighted by atomic mass is 32.2. The van der Waals surface area contributed by atoms with Gasteiger partial charge in [0.05, 0.1) is 0 Å². The lowest BCUT2D eigenvalue weighted by Gasteiger charge is -2.26. The molecule has 1 N–H and O–H groups in total. The summed E-state index contributed by atoms with van der Waals surface area (Å²) in [4.78, 5) is 5.62. The maximum Gasteiger partial charge on any atom is 0.164 e. The second-order valence-corrected chi connectivity index (χ2v) is 5.72. The molecule has 2 aromatic carbocycles.